The van der Waals surface area contributed by atoms with Crippen LogP contribution in [0.15, 0.2) is 41.5 Å². The van der Waals surface area contributed by atoms with Crippen molar-refractivity contribution in [2.24, 2.45) is 4.99 Å². The van der Waals surface area contributed by atoms with E-state index in [0.29, 0.717) is 0 Å². The molecule has 2 nitrogen and oxygen atoms in total. The number of aromatic nitrogens is 1. The fraction of sp³-hybridized carbons (Fsp3) is 0.0714. The summed E-state index contributed by atoms with van der Waals surface area (Å²) in [6.45, 7) is 0. The van der Waals surface area contributed by atoms with Gasteiger partial charge in [-0.15, -0.1) is 0 Å². The molecule has 1 aromatic heterocycles. The molecule has 16 heavy (non-hydrogen) atoms. The van der Waals surface area contributed by atoms with Crippen LogP contribution in [0.2, 0.25) is 0 Å². The SMILES string of the molecule is C1=Nc2c(ccc3c2ccc2cc[nH]c23)C1. The Hall–Kier alpha value is -2.09. The Balaban J connectivity index is 2.28. The first-order valence-corrected chi connectivity index (χ1v) is 5.48. The standard InChI is InChI=1S/C14H10N2/c1-3-11-12(13-9(1)5-7-15-13)4-2-10-6-8-16-14(10)11/h1-5,7-8,15H,6H2. The monoisotopic (exact) mass is 206 g/mol. The van der Waals surface area contributed by atoms with E-state index in [1.165, 1.54) is 27.2 Å². The van der Waals surface area contributed by atoms with Crippen molar-refractivity contribution in [2.45, 2.75) is 6.42 Å². The minimum atomic E-state index is 0.966. The average molecular weight is 206 g/mol. The number of H-pyrrole nitrogens is 1. The zero-order chi connectivity index (χ0) is 10.5. The summed E-state index contributed by atoms with van der Waals surface area (Å²) in [5, 5.41) is 3.77. The highest BCUT2D eigenvalue weighted by Gasteiger charge is 2.11. The third-order valence-electron chi connectivity index (χ3n) is 3.31. The predicted molar refractivity (Wildman–Crippen MR) is 67.7 cm³/mol. The van der Waals surface area contributed by atoms with Crippen LogP contribution in [0.25, 0.3) is 21.7 Å². The lowest BCUT2D eigenvalue weighted by Gasteiger charge is -2.04. The van der Waals surface area contributed by atoms with Gasteiger partial charge < -0.3 is 4.98 Å². The van der Waals surface area contributed by atoms with Crippen LogP contribution in [0.3, 0.4) is 0 Å². The van der Waals surface area contributed by atoms with Crippen LogP contribution in [0.5, 0.6) is 0 Å². The molecule has 2 heterocycles. The van der Waals surface area contributed by atoms with Crippen LogP contribution in [-0.4, -0.2) is 11.2 Å². The van der Waals surface area contributed by atoms with Crippen molar-refractivity contribution in [3.05, 3.63) is 42.1 Å². The molecule has 2 aromatic carbocycles. The number of benzene rings is 2. The largest absolute Gasteiger partial charge is 0.361 e. The van der Waals surface area contributed by atoms with E-state index >= 15 is 0 Å². The summed E-state index contributed by atoms with van der Waals surface area (Å²) in [7, 11) is 0. The summed E-state index contributed by atoms with van der Waals surface area (Å²) in [6.07, 6.45) is 4.94. The van der Waals surface area contributed by atoms with Gasteiger partial charge in [-0.2, -0.15) is 0 Å². The summed E-state index contributed by atoms with van der Waals surface area (Å²) >= 11 is 0. The van der Waals surface area contributed by atoms with Crippen molar-refractivity contribution in [1.29, 1.82) is 0 Å². The van der Waals surface area contributed by atoms with Crippen LogP contribution in [0.1, 0.15) is 5.56 Å². The van der Waals surface area contributed by atoms with Gasteiger partial charge in [-0.25, -0.2) is 0 Å². The number of nitrogens with one attached hydrogen (secondary N) is 1. The fourth-order valence-electron chi connectivity index (χ4n) is 2.52. The maximum Gasteiger partial charge on any atom is 0.0740 e. The molecule has 1 N–H and O–H groups in total. The first-order valence-electron chi connectivity index (χ1n) is 5.48. The van der Waals surface area contributed by atoms with E-state index in [1.807, 2.05) is 12.4 Å². The summed E-state index contributed by atoms with van der Waals surface area (Å²) in [5.41, 5.74) is 3.69. The number of aliphatic imine (C=N–C) groups is 1. The molecular formula is C14H10N2. The second-order valence-electron chi connectivity index (χ2n) is 4.19. The number of rotatable bonds is 0. The summed E-state index contributed by atoms with van der Waals surface area (Å²) in [6, 6.07) is 10.8. The lowest BCUT2D eigenvalue weighted by atomic mass is 10.0. The van der Waals surface area contributed by atoms with Crippen molar-refractivity contribution >= 4 is 33.6 Å². The predicted octanol–water partition coefficient (Wildman–Crippen LogP) is 3.58. The van der Waals surface area contributed by atoms with Crippen molar-refractivity contribution < 1.29 is 0 Å². The Bertz CT molecular complexity index is 735. The highest BCUT2D eigenvalue weighted by molar-refractivity contribution is 6.11. The van der Waals surface area contributed by atoms with Crippen molar-refractivity contribution in [2.75, 3.05) is 0 Å². The van der Waals surface area contributed by atoms with Gasteiger partial charge in [0.05, 0.1) is 11.2 Å². The van der Waals surface area contributed by atoms with Gasteiger partial charge >= 0.3 is 0 Å². The lowest BCUT2D eigenvalue weighted by Crippen LogP contribution is -1.81. The average Bonchev–Trinajstić information content (AvgIpc) is 2.96. The first kappa shape index (κ1) is 8.11. The number of aromatic amines is 1. The Morgan fingerprint density at radius 3 is 2.94 bits per heavy atom. The van der Waals surface area contributed by atoms with Crippen molar-refractivity contribution in [1.82, 2.24) is 4.98 Å². The third kappa shape index (κ3) is 0.890. The molecule has 76 valence electrons. The molecule has 1 aliphatic rings. The number of hydrogen-bond donors (Lipinski definition) is 1. The number of nitrogens with zero attached hydrogens (tertiary/aromatic N) is 1. The normalized spacial score (nSPS) is 13.8. The van der Waals surface area contributed by atoms with E-state index in [0.717, 1.165) is 12.1 Å². The molecule has 3 aromatic rings. The number of fused-ring (bicyclic) bond motifs is 5. The molecule has 4 rings (SSSR count). The minimum absolute atomic E-state index is 0.966. The maximum atomic E-state index is 4.48. The van der Waals surface area contributed by atoms with Gasteiger partial charge in [0.2, 0.25) is 0 Å². The van der Waals surface area contributed by atoms with Gasteiger partial charge in [0.15, 0.2) is 0 Å². The van der Waals surface area contributed by atoms with E-state index in [1.54, 1.807) is 0 Å². The molecule has 0 spiro atoms. The van der Waals surface area contributed by atoms with E-state index < -0.39 is 0 Å². The topological polar surface area (TPSA) is 28.1 Å². The Morgan fingerprint density at radius 1 is 1.00 bits per heavy atom. The Morgan fingerprint density at radius 2 is 1.94 bits per heavy atom. The van der Waals surface area contributed by atoms with E-state index in [2.05, 4.69) is 40.3 Å². The highest BCUT2D eigenvalue weighted by atomic mass is 14.8. The van der Waals surface area contributed by atoms with Crippen molar-refractivity contribution in [3.63, 3.8) is 0 Å². The molecule has 0 saturated heterocycles. The second-order valence-corrected chi connectivity index (χ2v) is 4.19. The summed E-state index contributed by atoms with van der Waals surface area (Å²) in [4.78, 5) is 7.78. The van der Waals surface area contributed by atoms with Crippen LogP contribution in [0, 0.1) is 0 Å². The van der Waals surface area contributed by atoms with E-state index in [4.69, 9.17) is 0 Å². The molecule has 0 saturated carbocycles. The molecule has 0 amide bonds. The van der Waals surface area contributed by atoms with Gasteiger partial charge in [-0.3, -0.25) is 4.99 Å². The smallest absolute Gasteiger partial charge is 0.0740 e. The second kappa shape index (κ2) is 2.73. The molecule has 0 unspecified atom stereocenters. The van der Waals surface area contributed by atoms with Crippen molar-refractivity contribution in [3.8, 4) is 0 Å². The Kier molecular flexibility index (Phi) is 1.38. The molecule has 0 radical (unpaired) electrons. The lowest BCUT2D eigenvalue weighted by molar-refractivity contribution is 1.43. The maximum absolute atomic E-state index is 4.48. The van der Waals surface area contributed by atoms with Crippen LogP contribution in [-0.2, 0) is 6.42 Å². The molecule has 2 heteroatoms. The fourth-order valence-corrected chi connectivity index (χ4v) is 2.52. The molecule has 0 aliphatic carbocycles. The van der Waals surface area contributed by atoms with Crippen LogP contribution in [0.4, 0.5) is 5.69 Å². The number of hydrogen-bond acceptors (Lipinski definition) is 1. The third-order valence-corrected chi connectivity index (χ3v) is 3.31. The van der Waals surface area contributed by atoms with Crippen LogP contribution < -0.4 is 0 Å². The zero-order valence-electron chi connectivity index (χ0n) is 8.70. The molecular weight excluding hydrogens is 196 g/mol. The highest BCUT2D eigenvalue weighted by Crippen LogP contribution is 2.36. The van der Waals surface area contributed by atoms with Gasteiger partial charge in [0.1, 0.15) is 0 Å². The molecule has 0 atom stereocenters. The summed E-state index contributed by atoms with van der Waals surface area (Å²) in [5.74, 6) is 0. The molecule has 1 aliphatic heterocycles. The zero-order valence-corrected chi connectivity index (χ0v) is 8.70. The molecule has 0 fully saturated rings. The minimum Gasteiger partial charge on any atom is -0.361 e. The Labute approximate surface area is 92.6 Å². The van der Waals surface area contributed by atoms with E-state index in [-0.39, 0.29) is 0 Å². The quantitative estimate of drug-likeness (QED) is 0.582. The van der Waals surface area contributed by atoms with Crippen LogP contribution >= 0.6 is 0 Å². The van der Waals surface area contributed by atoms with Gasteiger partial charge in [0, 0.05) is 35.0 Å². The van der Waals surface area contributed by atoms with E-state index in [9.17, 15) is 0 Å². The van der Waals surface area contributed by atoms with Gasteiger partial charge in [0.25, 0.3) is 0 Å². The van der Waals surface area contributed by atoms with Gasteiger partial charge in [-0.1, -0.05) is 24.3 Å². The molecule has 0 bridgehead atoms. The first-order chi connectivity index (χ1) is 7.93. The summed E-state index contributed by atoms with van der Waals surface area (Å²) < 4.78 is 0. The van der Waals surface area contributed by atoms with Gasteiger partial charge in [-0.05, 0) is 11.6 Å².